The summed E-state index contributed by atoms with van der Waals surface area (Å²) < 4.78 is 18.0. The van der Waals surface area contributed by atoms with E-state index in [9.17, 15) is 4.39 Å². The molecule has 1 fully saturated rings. The summed E-state index contributed by atoms with van der Waals surface area (Å²) in [5, 5.41) is 17.7. The zero-order valence-corrected chi connectivity index (χ0v) is 6.20. The van der Waals surface area contributed by atoms with E-state index in [4.69, 9.17) is 22.8 Å². The quantitative estimate of drug-likeness (QED) is 0.481. The van der Waals surface area contributed by atoms with Gasteiger partial charge in [-0.15, -0.1) is 0 Å². The van der Waals surface area contributed by atoms with E-state index in [1.54, 1.807) is 0 Å². The lowest BCUT2D eigenvalue weighted by Crippen LogP contribution is -2.42. The van der Waals surface area contributed by atoms with E-state index in [1.807, 2.05) is 0 Å². The SMILES string of the molecule is [B]C1OC(CO)C(O)C1(C)F. The van der Waals surface area contributed by atoms with Crippen molar-refractivity contribution in [1.82, 2.24) is 0 Å². The molecule has 11 heavy (non-hydrogen) atoms. The summed E-state index contributed by atoms with van der Waals surface area (Å²) >= 11 is 0. The van der Waals surface area contributed by atoms with Gasteiger partial charge in [-0.25, -0.2) is 4.39 Å². The van der Waals surface area contributed by atoms with Crippen molar-refractivity contribution in [2.24, 2.45) is 0 Å². The highest BCUT2D eigenvalue weighted by Crippen LogP contribution is 2.32. The largest absolute Gasteiger partial charge is 0.394 e. The molecule has 4 unspecified atom stereocenters. The molecule has 1 aliphatic heterocycles. The van der Waals surface area contributed by atoms with Gasteiger partial charge in [-0.1, -0.05) is 0 Å². The molecule has 0 bridgehead atoms. The molecule has 2 N–H and O–H groups in total. The molecule has 0 aromatic carbocycles. The fourth-order valence-electron chi connectivity index (χ4n) is 1.07. The molecule has 1 aliphatic rings. The number of rotatable bonds is 1. The lowest BCUT2D eigenvalue weighted by Gasteiger charge is -2.20. The minimum absolute atomic E-state index is 0.422. The van der Waals surface area contributed by atoms with Crippen molar-refractivity contribution < 1.29 is 19.3 Å². The van der Waals surface area contributed by atoms with Crippen molar-refractivity contribution in [2.75, 3.05) is 6.61 Å². The standard InChI is InChI=1S/C6H10BFO3/c1-6(8)4(10)3(2-9)11-5(6)7/h3-5,9-10H,2H2,1H3. The summed E-state index contributed by atoms with van der Waals surface area (Å²) in [5.41, 5.74) is -1.96. The maximum absolute atomic E-state index is 13.2. The third-order valence-electron chi connectivity index (χ3n) is 1.99. The summed E-state index contributed by atoms with van der Waals surface area (Å²) in [6.45, 7) is 0.729. The molecular weight excluding hydrogens is 150 g/mol. The third kappa shape index (κ3) is 1.28. The molecule has 1 rings (SSSR count). The van der Waals surface area contributed by atoms with E-state index < -0.39 is 30.5 Å². The van der Waals surface area contributed by atoms with E-state index >= 15 is 0 Å². The molecule has 5 heteroatoms. The van der Waals surface area contributed by atoms with Gasteiger partial charge >= 0.3 is 0 Å². The van der Waals surface area contributed by atoms with E-state index in [0.29, 0.717) is 0 Å². The molecule has 0 aromatic heterocycles. The Kier molecular flexibility index (Phi) is 2.23. The maximum atomic E-state index is 13.2. The third-order valence-corrected chi connectivity index (χ3v) is 1.99. The second-order valence-corrected chi connectivity index (χ2v) is 2.87. The van der Waals surface area contributed by atoms with Crippen LogP contribution < -0.4 is 0 Å². The molecule has 2 radical (unpaired) electrons. The van der Waals surface area contributed by atoms with Crippen LogP contribution in [0.2, 0.25) is 0 Å². The number of aliphatic hydroxyl groups excluding tert-OH is 2. The van der Waals surface area contributed by atoms with Gasteiger partial charge in [0.1, 0.15) is 20.1 Å². The highest BCUT2D eigenvalue weighted by molar-refractivity contribution is 6.12. The number of halogens is 1. The number of aliphatic hydroxyl groups is 2. The second kappa shape index (κ2) is 2.73. The van der Waals surface area contributed by atoms with Crippen molar-refractivity contribution in [3.8, 4) is 0 Å². The van der Waals surface area contributed by atoms with Crippen LogP contribution in [0.1, 0.15) is 6.92 Å². The Labute approximate surface area is 65.6 Å². The summed E-state index contributed by atoms with van der Waals surface area (Å²) in [6.07, 6.45) is -2.25. The monoisotopic (exact) mass is 160 g/mol. The van der Waals surface area contributed by atoms with Gasteiger partial charge < -0.3 is 14.9 Å². The second-order valence-electron chi connectivity index (χ2n) is 2.87. The van der Waals surface area contributed by atoms with Gasteiger partial charge in [-0.3, -0.25) is 0 Å². The molecule has 0 spiro atoms. The number of hydrogen-bond donors (Lipinski definition) is 2. The first-order valence-corrected chi connectivity index (χ1v) is 3.39. The van der Waals surface area contributed by atoms with Crippen molar-refractivity contribution in [2.45, 2.75) is 30.8 Å². The van der Waals surface area contributed by atoms with Crippen LogP contribution in [0.15, 0.2) is 0 Å². The molecule has 0 aliphatic carbocycles. The highest BCUT2D eigenvalue weighted by atomic mass is 19.1. The summed E-state index contributed by atoms with van der Waals surface area (Å²) in [6, 6.07) is -1.16. The van der Waals surface area contributed by atoms with E-state index in [1.165, 1.54) is 0 Å². The van der Waals surface area contributed by atoms with E-state index in [0.717, 1.165) is 6.92 Å². The van der Waals surface area contributed by atoms with E-state index in [2.05, 4.69) is 0 Å². The lowest BCUT2D eigenvalue weighted by atomic mass is 9.83. The molecule has 3 nitrogen and oxygen atoms in total. The number of alkyl halides is 1. The topological polar surface area (TPSA) is 49.7 Å². The molecular formula is C6H10BFO3. The summed E-state index contributed by atoms with van der Waals surface area (Å²) in [4.78, 5) is 0. The van der Waals surface area contributed by atoms with Crippen LogP contribution >= 0.6 is 0 Å². The van der Waals surface area contributed by atoms with Gasteiger partial charge in [0.2, 0.25) is 0 Å². The van der Waals surface area contributed by atoms with Crippen molar-refractivity contribution in [3.05, 3.63) is 0 Å². The Balaban J connectivity index is 2.71. The lowest BCUT2D eigenvalue weighted by molar-refractivity contribution is -0.0113. The average molecular weight is 160 g/mol. The Morgan fingerprint density at radius 2 is 2.27 bits per heavy atom. The Hall–Kier alpha value is -0.125. The first-order chi connectivity index (χ1) is 5.00. The Morgan fingerprint density at radius 1 is 1.73 bits per heavy atom. The molecule has 1 heterocycles. The van der Waals surface area contributed by atoms with Gasteiger partial charge in [0, 0.05) is 0 Å². The van der Waals surface area contributed by atoms with Crippen molar-refractivity contribution in [1.29, 1.82) is 0 Å². The van der Waals surface area contributed by atoms with Crippen LogP contribution in [0, 0.1) is 0 Å². The van der Waals surface area contributed by atoms with Gasteiger partial charge in [-0.2, -0.15) is 0 Å². The van der Waals surface area contributed by atoms with Crippen molar-refractivity contribution in [3.63, 3.8) is 0 Å². The minimum atomic E-state index is -1.96. The first-order valence-electron chi connectivity index (χ1n) is 3.39. The molecule has 0 saturated carbocycles. The predicted octanol–water partition coefficient (Wildman–Crippen LogP) is -1.04. The van der Waals surface area contributed by atoms with Crippen LogP contribution in [0.25, 0.3) is 0 Å². The van der Waals surface area contributed by atoms with Crippen LogP contribution in [0.3, 0.4) is 0 Å². The number of hydrogen-bond acceptors (Lipinski definition) is 3. The van der Waals surface area contributed by atoms with E-state index in [-0.39, 0.29) is 0 Å². The zero-order chi connectivity index (χ0) is 8.65. The highest BCUT2D eigenvalue weighted by Gasteiger charge is 2.50. The van der Waals surface area contributed by atoms with Gasteiger partial charge in [0.15, 0.2) is 5.67 Å². The predicted molar refractivity (Wildman–Crippen MR) is 37.0 cm³/mol. The Bertz CT molecular complexity index is 153. The Morgan fingerprint density at radius 3 is 2.45 bits per heavy atom. The molecule has 0 aromatic rings. The first kappa shape index (κ1) is 8.97. The maximum Gasteiger partial charge on any atom is 0.153 e. The molecule has 62 valence electrons. The van der Waals surface area contributed by atoms with Gasteiger partial charge in [0.25, 0.3) is 0 Å². The molecule has 0 amide bonds. The van der Waals surface area contributed by atoms with Gasteiger partial charge in [0.05, 0.1) is 12.6 Å². The molecule has 4 atom stereocenters. The fraction of sp³-hybridized carbons (Fsp3) is 1.00. The summed E-state index contributed by atoms with van der Waals surface area (Å²) in [5.74, 6) is 0. The summed E-state index contributed by atoms with van der Waals surface area (Å²) in [7, 11) is 5.20. The van der Waals surface area contributed by atoms with Crippen LogP contribution in [0.5, 0.6) is 0 Å². The van der Waals surface area contributed by atoms with Crippen LogP contribution in [-0.2, 0) is 4.74 Å². The normalized spacial score (nSPS) is 51.5. The van der Waals surface area contributed by atoms with Crippen LogP contribution in [0.4, 0.5) is 4.39 Å². The zero-order valence-electron chi connectivity index (χ0n) is 6.20. The smallest absolute Gasteiger partial charge is 0.153 e. The molecule has 1 saturated heterocycles. The van der Waals surface area contributed by atoms with Crippen LogP contribution in [-0.4, -0.2) is 48.5 Å². The average Bonchev–Trinajstić information content (AvgIpc) is 2.14. The minimum Gasteiger partial charge on any atom is -0.394 e. The van der Waals surface area contributed by atoms with Gasteiger partial charge in [-0.05, 0) is 6.92 Å². The number of ether oxygens (including phenoxy) is 1. The fourth-order valence-corrected chi connectivity index (χ4v) is 1.07. The van der Waals surface area contributed by atoms with Crippen molar-refractivity contribution >= 4 is 7.85 Å².